The van der Waals surface area contributed by atoms with Gasteiger partial charge in [-0.05, 0) is 51.4 Å². The number of carbonyl (C=O) groups excluding carboxylic acids is 2. The minimum Gasteiger partial charge on any atom is -0.476 e. The maximum absolute atomic E-state index is 12.5. The van der Waals surface area contributed by atoms with Crippen molar-refractivity contribution in [2.75, 3.05) is 66.5 Å². The molecule has 0 unspecified atom stereocenters. The standard InChI is InChI=1S/C36H60N2O10/c1-7-13-20-35(21-14-8-2,22-15-9-3)28-47-33(39)37-23-18-16-17-19-24-38-34(40)48-29-36(25-44-30-41-10-4,26-45-31-42-11-5)27-46-32-43-12-6/h7-12H,1-6,13-32H2,(H,37,39)(H,38,40). The molecular weight excluding hydrogens is 620 g/mol. The molecule has 2 N–H and O–H groups in total. The zero-order valence-electron chi connectivity index (χ0n) is 28.9. The van der Waals surface area contributed by atoms with E-state index < -0.39 is 17.6 Å². The lowest BCUT2D eigenvalue weighted by molar-refractivity contribution is -0.149. The molecule has 0 atom stereocenters. The Bertz CT molecular complexity index is 839. The zero-order valence-corrected chi connectivity index (χ0v) is 28.9. The Morgan fingerprint density at radius 3 is 1.19 bits per heavy atom. The van der Waals surface area contributed by atoms with Crippen molar-refractivity contribution in [2.24, 2.45) is 10.8 Å². The summed E-state index contributed by atoms with van der Waals surface area (Å²) >= 11 is 0. The SMILES string of the molecule is C=CCCC(CCC=C)(CCC=C)COC(=O)NCCCCCCNC(=O)OCC(COCOC=C)(COCOC=C)COCOC=C. The maximum Gasteiger partial charge on any atom is 0.407 e. The lowest BCUT2D eigenvalue weighted by Crippen LogP contribution is -2.43. The third kappa shape index (κ3) is 23.6. The first kappa shape index (κ1) is 44.3. The first-order valence-corrected chi connectivity index (χ1v) is 16.4. The highest BCUT2D eigenvalue weighted by Crippen LogP contribution is 2.36. The Hall–Kier alpha value is -3.74. The molecule has 0 rings (SSSR count). The Morgan fingerprint density at radius 1 is 0.500 bits per heavy atom. The van der Waals surface area contributed by atoms with Crippen LogP contribution in [-0.2, 0) is 37.9 Å². The predicted octanol–water partition coefficient (Wildman–Crippen LogP) is 7.27. The number of ether oxygens (including phenoxy) is 8. The molecule has 0 aromatic heterocycles. The second kappa shape index (κ2) is 30.6. The molecule has 0 radical (unpaired) electrons. The quantitative estimate of drug-likeness (QED) is 0.0305. The molecule has 0 saturated carbocycles. The molecule has 0 bridgehead atoms. The molecule has 0 saturated heterocycles. The fraction of sp³-hybridized carbons (Fsp3) is 0.611. The lowest BCUT2D eigenvalue weighted by atomic mass is 9.76. The number of nitrogens with one attached hydrogen (secondary N) is 2. The molecule has 0 aliphatic carbocycles. The van der Waals surface area contributed by atoms with Crippen LogP contribution in [0.15, 0.2) is 76.5 Å². The highest BCUT2D eigenvalue weighted by Gasteiger charge is 2.34. The molecule has 0 aliphatic rings. The second-order valence-electron chi connectivity index (χ2n) is 11.3. The molecule has 12 heteroatoms. The summed E-state index contributed by atoms with van der Waals surface area (Å²) in [5.74, 6) is 0. The summed E-state index contributed by atoms with van der Waals surface area (Å²) < 4.78 is 43.0. The number of allylic oxidation sites excluding steroid dienone is 3. The monoisotopic (exact) mass is 680 g/mol. The minimum atomic E-state index is -0.894. The first-order chi connectivity index (χ1) is 23.4. The van der Waals surface area contributed by atoms with E-state index in [-0.39, 0.29) is 52.2 Å². The van der Waals surface area contributed by atoms with E-state index in [0.29, 0.717) is 19.7 Å². The number of hydrogen-bond acceptors (Lipinski definition) is 10. The molecular formula is C36H60N2O10. The third-order valence-corrected chi connectivity index (χ3v) is 7.33. The van der Waals surface area contributed by atoms with Crippen LogP contribution in [0.3, 0.4) is 0 Å². The van der Waals surface area contributed by atoms with Crippen LogP contribution in [0.2, 0.25) is 0 Å². The smallest absolute Gasteiger partial charge is 0.407 e. The summed E-state index contributed by atoms with van der Waals surface area (Å²) in [6.45, 7) is 23.3. The average molecular weight is 681 g/mol. The van der Waals surface area contributed by atoms with Crippen molar-refractivity contribution >= 4 is 12.2 Å². The Balaban J connectivity index is 4.60. The van der Waals surface area contributed by atoms with E-state index in [1.807, 2.05) is 18.2 Å². The lowest BCUT2D eigenvalue weighted by Gasteiger charge is -2.33. The van der Waals surface area contributed by atoms with Gasteiger partial charge in [-0.1, -0.05) is 50.8 Å². The van der Waals surface area contributed by atoms with Crippen molar-refractivity contribution in [3.63, 3.8) is 0 Å². The van der Waals surface area contributed by atoms with Gasteiger partial charge in [0, 0.05) is 18.5 Å². The summed E-state index contributed by atoms with van der Waals surface area (Å²) in [4.78, 5) is 24.9. The van der Waals surface area contributed by atoms with Crippen LogP contribution in [0.5, 0.6) is 0 Å². The van der Waals surface area contributed by atoms with E-state index in [1.54, 1.807) is 0 Å². The van der Waals surface area contributed by atoms with Crippen molar-refractivity contribution in [1.82, 2.24) is 10.6 Å². The predicted molar refractivity (Wildman–Crippen MR) is 187 cm³/mol. The van der Waals surface area contributed by atoms with Gasteiger partial charge in [-0.2, -0.15) is 0 Å². The molecule has 0 aliphatic heterocycles. The summed E-state index contributed by atoms with van der Waals surface area (Å²) in [7, 11) is 0. The Kier molecular flexibility index (Phi) is 28.2. The average Bonchev–Trinajstić information content (AvgIpc) is 3.10. The van der Waals surface area contributed by atoms with Crippen LogP contribution in [0.4, 0.5) is 9.59 Å². The van der Waals surface area contributed by atoms with E-state index >= 15 is 0 Å². The highest BCUT2D eigenvalue weighted by molar-refractivity contribution is 5.67. The van der Waals surface area contributed by atoms with Crippen LogP contribution in [0.25, 0.3) is 0 Å². The summed E-state index contributed by atoms with van der Waals surface area (Å²) in [5.41, 5.74) is -1.02. The van der Waals surface area contributed by atoms with Gasteiger partial charge in [-0.15, -0.1) is 19.7 Å². The third-order valence-electron chi connectivity index (χ3n) is 7.33. The molecule has 0 heterocycles. The fourth-order valence-corrected chi connectivity index (χ4v) is 4.65. The van der Waals surface area contributed by atoms with E-state index in [0.717, 1.165) is 64.2 Å². The van der Waals surface area contributed by atoms with Gasteiger partial charge >= 0.3 is 12.2 Å². The van der Waals surface area contributed by atoms with E-state index in [4.69, 9.17) is 37.9 Å². The summed E-state index contributed by atoms with van der Waals surface area (Å²) in [6.07, 6.45) is 17.0. The van der Waals surface area contributed by atoms with Gasteiger partial charge in [0.2, 0.25) is 0 Å². The van der Waals surface area contributed by atoms with Crippen LogP contribution in [-0.4, -0.2) is 78.7 Å². The van der Waals surface area contributed by atoms with Crippen LogP contribution in [0, 0.1) is 10.8 Å². The van der Waals surface area contributed by atoms with E-state index in [9.17, 15) is 9.59 Å². The fourth-order valence-electron chi connectivity index (χ4n) is 4.65. The number of alkyl carbamates (subject to hydrolysis) is 2. The molecule has 0 aromatic carbocycles. The molecule has 0 fully saturated rings. The van der Waals surface area contributed by atoms with Gasteiger partial charge in [0.15, 0.2) is 20.4 Å². The number of carbonyl (C=O) groups is 2. The minimum absolute atomic E-state index is 0.0521. The van der Waals surface area contributed by atoms with Crippen LogP contribution in [0.1, 0.15) is 64.2 Å². The van der Waals surface area contributed by atoms with Crippen molar-refractivity contribution in [2.45, 2.75) is 64.2 Å². The Labute approximate surface area is 288 Å². The molecule has 12 nitrogen and oxygen atoms in total. The molecule has 48 heavy (non-hydrogen) atoms. The van der Waals surface area contributed by atoms with Gasteiger partial charge in [0.05, 0.1) is 50.6 Å². The van der Waals surface area contributed by atoms with Gasteiger partial charge in [-0.3, -0.25) is 0 Å². The van der Waals surface area contributed by atoms with Crippen LogP contribution < -0.4 is 10.6 Å². The van der Waals surface area contributed by atoms with Gasteiger partial charge in [-0.25, -0.2) is 9.59 Å². The molecule has 274 valence electrons. The van der Waals surface area contributed by atoms with Crippen molar-refractivity contribution in [3.8, 4) is 0 Å². The second-order valence-corrected chi connectivity index (χ2v) is 11.3. The van der Waals surface area contributed by atoms with E-state index in [2.05, 4.69) is 50.1 Å². The zero-order chi connectivity index (χ0) is 35.6. The largest absolute Gasteiger partial charge is 0.476 e. The normalized spacial score (nSPS) is 11.0. The van der Waals surface area contributed by atoms with Crippen molar-refractivity contribution < 1.29 is 47.5 Å². The van der Waals surface area contributed by atoms with E-state index in [1.165, 1.54) is 18.8 Å². The topological polar surface area (TPSA) is 132 Å². The number of rotatable bonds is 35. The number of unbranched alkanes of at least 4 members (excludes halogenated alkanes) is 3. The van der Waals surface area contributed by atoms with Gasteiger partial charge in [0.25, 0.3) is 0 Å². The van der Waals surface area contributed by atoms with Crippen LogP contribution >= 0.6 is 0 Å². The van der Waals surface area contributed by atoms with Crippen molar-refractivity contribution in [3.05, 3.63) is 76.5 Å². The number of hydrogen-bond donors (Lipinski definition) is 2. The Morgan fingerprint density at radius 2 is 0.854 bits per heavy atom. The van der Waals surface area contributed by atoms with Gasteiger partial charge in [0.1, 0.15) is 6.61 Å². The maximum atomic E-state index is 12.5. The molecule has 2 amide bonds. The summed E-state index contributed by atoms with van der Waals surface area (Å²) in [6, 6.07) is 0. The summed E-state index contributed by atoms with van der Waals surface area (Å²) in [5, 5.41) is 5.61. The molecule has 0 spiro atoms. The first-order valence-electron chi connectivity index (χ1n) is 16.4. The van der Waals surface area contributed by atoms with Crippen molar-refractivity contribution in [1.29, 1.82) is 0 Å². The molecule has 0 aromatic rings. The highest BCUT2D eigenvalue weighted by atomic mass is 16.7. The van der Waals surface area contributed by atoms with Gasteiger partial charge < -0.3 is 48.5 Å². The number of amides is 2.